The molecule has 154 valence electrons. The van der Waals surface area contributed by atoms with E-state index in [0.717, 1.165) is 24.7 Å². The van der Waals surface area contributed by atoms with E-state index in [1.807, 2.05) is 24.3 Å². The van der Waals surface area contributed by atoms with Gasteiger partial charge in [0.1, 0.15) is 5.75 Å². The fourth-order valence-electron chi connectivity index (χ4n) is 3.10. The maximum Gasteiger partial charge on any atom is 0.337 e. The van der Waals surface area contributed by atoms with Crippen molar-refractivity contribution in [1.29, 1.82) is 0 Å². The Morgan fingerprint density at radius 1 is 1.00 bits per heavy atom. The van der Waals surface area contributed by atoms with Crippen molar-refractivity contribution in [3.05, 3.63) is 63.6 Å². The summed E-state index contributed by atoms with van der Waals surface area (Å²) in [5.74, 6) is -0.218. The average Bonchev–Trinajstić information content (AvgIpc) is 2.74. The second-order valence-electron chi connectivity index (χ2n) is 6.71. The van der Waals surface area contributed by atoms with Crippen molar-refractivity contribution in [3.63, 3.8) is 0 Å². The van der Waals surface area contributed by atoms with Crippen LogP contribution in [0.25, 0.3) is 0 Å². The second-order valence-corrected chi connectivity index (χ2v) is 7.55. The fraction of sp³-hybridized carbons (Fsp3) is 0.333. The number of methoxy groups -OCH3 is 1. The number of carbonyl (C=O) groups excluding carboxylic acids is 2. The van der Waals surface area contributed by atoms with Crippen LogP contribution in [0.2, 0.25) is 10.0 Å². The minimum absolute atomic E-state index is 0.0933. The molecule has 6 nitrogen and oxygen atoms in total. The molecule has 0 spiro atoms. The molecular formula is C21H22Cl2N2O4. The maximum atomic E-state index is 12.5. The second kappa shape index (κ2) is 9.96. The molecule has 29 heavy (non-hydrogen) atoms. The Morgan fingerprint density at radius 3 is 2.31 bits per heavy atom. The number of piperazine rings is 1. The topological polar surface area (TPSA) is 59.1 Å². The van der Waals surface area contributed by atoms with Gasteiger partial charge in [0.05, 0.1) is 17.7 Å². The van der Waals surface area contributed by atoms with E-state index in [1.54, 1.807) is 17.0 Å². The van der Waals surface area contributed by atoms with Crippen molar-refractivity contribution < 1.29 is 19.1 Å². The third-order valence-electron chi connectivity index (χ3n) is 4.75. The first kappa shape index (κ1) is 21.4. The summed E-state index contributed by atoms with van der Waals surface area (Å²) in [5, 5.41) is 0.984. The van der Waals surface area contributed by atoms with Gasteiger partial charge < -0.3 is 14.4 Å². The van der Waals surface area contributed by atoms with E-state index in [9.17, 15) is 9.59 Å². The van der Waals surface area contributed by atoms with Crippen molar-refractivity contribution >= 4 is 35.1 Å². The summed E-state index contributed by atoms with van der Waals surface area (Å²) >= 11 is 12.1. The molecule has 0 aromatic heterocycles. The minimum Gasteiger partial charge on any atom is -0.482 e. The number of carbonyl (C=O) groups is 2. The highest BCUT2D eigenvalue weighted by Gasteiger charge is 2.22. The van der Waals surface area contributed by atoms with Crippen LogP contribution in [-0.2, 0) is 16.1 Å². The van der Waals surface area contributed by atoms with Crippen molar-refractivity contribution in [3.8, 4) is 5.75 Å². The molecule has 0 N–H and O–H groups in total. The van der Waals surface area contributed by atoms with Crippen LogP contribution in [-0.4, -0.2) is 61.6 Å². The summed E-state index contributed by atoms with van der Waals surface area (Å²) in [5.41, 5.74) is 1.52. The molecule has 0 aliphatic carbocycles. The van der Waals surface area contributed by atoms with Crippen LogP contribution < -0.4 is 4.74 Å². The number of amides is 1. The van der Waals surface area contributed by atoms with Crippen molar-refractivity contribution in [2.45, 2.75) is 6.54 Å². The standard InChI is InChI=1S/C21H22Cl2N2O4/c1-28-21(27)16-4-7-19(18(23)12-16)29-14-20(26)25-10-8-24(9-11-25)13-15-2-5-17(22)6-3-15/h2-7,12H,8-11,13-14H2,1H3. The van der Waals surface area contributed by atoms with Crippen LogP contribution in [0.3, 0.4) is 0 Å². The van der Waals surface area contributed by atoms with Gasteiger partial charge in [-0.2, -0.15) is 0 Å². The number of esters is 1. The van der Waals surface area contributed by atoms with Gasteiger partial charge in [0.25, 0.3) is 5.91 Å². The van der Waals surface area contributed by atoms with Crippen molar-refractivity contribution in [2.24, 2.45) is 0 Å². The Hall–Kier alpha value is -2.28. The molecule has 1 amide bonds. The zero-order valence-electron chi connectivity index (χ0n) is 16.1. The molecule has 3 rings (SSSR count). The van der Waals surface area contributed by atoms with E-state index in [2.05, 4.69) is 9.64 Å². The van der Waals surface area contributed by atoms with Gasteiger partial charge in [-0.05, 0) is 35.9 Å². The molecule has 1 saturated heterocycles. The minimum atomic E-state index is -0.481. The smallest absolute Gasteiger partial charge is 0.337 e. The lowest BCUT2D eigenvalue weighted by atomic mass is 10.2. The summed E-state index contributed by atoms with van der Waals surface area (Å²) in [6.45, 7) is 3.60. The number of hydrogen-bond acceptors (Lipinski definition) is 5. The van der Waals surface area contributed by atoms with Crippen LogP contribution in [0.5, 0.6) is 5.75 Å². The van der Waals surface area contributed by atoms with Crippen molar-refractivity contribution in [2.75, 3.05) is 39.9 Å². The first-order valence-electron chi connectivity index (χ1n) is 9.21. The SMILES string of the molecule is COC(=O)c1ccc(OCC(=O)N2CCN(Cc3ccc(Cl)cc3)CC2)c(Cl)c1. The van der Waals surface area contributed by atoms with Crippen LogP contribution >= 0.6 is 23.2 Å². The normalized spacial score (nSPS) is 14.5. The summed E-state index contributed by atoms with van der Waals surface area (Å²) in [4.78, 5) is 28.1. The highest BCUT2D eigenvalue weighted by molar-refractivity contribution is 6.32. The first-order chi connectivity index (χ1) is 14.0. The molecule has 0 unspecified atom stereocenters. The summed E-state index contributed by atoms with van der Waals surface area (Å²) in [7, 11) is 1.30. The van der Waals surface area contributed by atoms with Gasteiger partial charge in [-0.25, -0.2) is 4.79 Å². The number of rotatable bonds is 6. The molecule has 0 atom stereocenters. The molecule has 1 aliphatic heterocycles. The number of hydrogen-bond donors (Lipinski definition) is 0. The number of ether oxygens (including phenoxy) is 2. The molecule has 2 aromatic rings. The molecule has 0 bridgehead atoms. The number of halogens is 2. The molecule has 1 fully saturated rings. The fourth-order valence-corrected chi connectivity index (χ4v) is 3.46. The van der Waals surface area contributed by atoms with Gasteiger partial charge in [-0.15, -0.1) is 0 Å². The van der Waals surface area contributed by atoms with E-state index in [1.165, 1.54) is 18.7 Å². The lowest BCUT2D eigenvalue weighted by Gasteiger charge is -2.34. The van der Waals surface area contributed by atoms with Crippen LogP contribution in [0.4, 0.5) is 0 Å². The predicted octanol–water partition coefficient (Wildman–Crippen LogP) is 3.50. The van der Waals surface area contributed by atoms with Gasteiger partial charge in [0.15, 0.2) is 6.61 Å². The lowest BCUT2D eigenvalue weighted by Crippen LogP contribution is -2.49. The Bertz CT molecular complexity index is 865. The van der Waals surface area contributed by atoms with E-state index in [0.29, 0.717) is 24.4 Å². The van der Waals surface area contributed by atoms with Crippen molar-refractivity contribution in [1.82, 2.24) is 9.80 Å². The maximum absolute atomic E-state index is 12.5. The molecule has 0 saturated carbocycles. The third kappa shape index (κ3) is 5.85. The largest absolute Gasteiger partial charge is 0.482 e. The Morgan fingerprint density at radius 2 is 1.69 bits per heavy atom. The zero-order valence-corrected chi connectivity index (χ0v) is 17.6. The third-order valence-corrected chi connectivity index (χ3v) is 5.30. The predicted molar refractivity (Wildman–Crippen MR) is 112 cm³/mol. The Kier molecular flexibility index (Phi) is 7.36. The Labute approximate surface area is 179 Å². The lowest BCUT2D eigenvalue weighted by molar-refractivity contribution is -0.135. The quantitative estimate of drug-likeness (QED) is 0.648. The summed E-state index contributed by atoms with van der Waals surface area (Å²) < 4.78 is 10.2. The summed E-state index contributed by atoms with van der Waals surface area (Å²) in [6.07, 6.45) is 0. The van der Waals surface area contributed by atoms with Crippen LogP contribution in [0, 0.1) is 0 Å². The Balaban J connectivity index is 1.46. The van der Waals surface area contributed by atoms with E-state index >= 15 is 0 Å². The highest BCUT2D eigenvalue weighted by Crippen LogP contribution is 2.26. The number of benzene rings is 2. The molecular weight excluding hydrogens is 415 g/mol. The zero-order chi connectivity index (χ0) is 20.8. The van der Waals surface area contributed by atoms with Crippen LogP contribution in [0.15, 0.2) is 42.5 Å². The van der Waals surface area contributed by atoms with E-state index in [-0.39, 0.29) is 17.5 Å². The molecule has 1 aliphatic rings. The van der Waals surface area contributed by atoms with Crippen LogP contribution in [0.1, 0.15) is 15.9 Å². The van der Waals surface area contributed by atoms with E-state index in [4.69, 9.17) is 27.9 Å². The molecule has 8 heteroatoms. The first-order valence-corrected chi connectivity index (χ1v) is 9.97. The summed E-state index contributed by atoms with van der Waals surface area (Å²) in [6, 6.07) is 12.4. The monoisotopic (exact) mass is 436 g/mol. The molecule has 1 heterocycles. The average molecular weight is 437 g/mol. The number of nitrogens with zero attached hydrogens (tertiary/aromatic N) is 2. The van der Waals surface area contributed by atoms with Gasteiger partial charge in [0.2, 0.25) is 0 Å². The molecule has 0 radical (unpaired) electrons. The van der Waals surface area contributed by atoms with Gasteiger partial charge in [-0.3, -0.25) is 9.69 Å². The highest BCUT2D eigenvalue weighted by atomic mass is 35.5. The van der Waals surface area contributed by atoms with Gasteiger partial charge in [-0.1, -0.05) is 35.3 Å². The van der Waals surface area contributed by atoms with Gasteiger partial charge in [0, 0.05) is 37.7 Å². The molecule has 2 aromatic carbocycles. The van der Waals surface area contributed by atoms with E-state index < -0.39 is 5.97 Å². The van der Waals surface area contributed by atoms with Gasteiger partial charge >= 0.3 is 5.97 Å².